The van der Waals surface area contributed by atoms with Crippen LogP contribution in [0.25, 0.3) is 11.4 Å². The van der Waals surface area contributed by atoms with Gasteiger partial charge in [0.1, 0.15) is 11.5 Å². The summed E-state index contributed by atoms with van der Waals surface area (Å²) in [4.78, 5) is 4.31. The summed E-state index contributed by atoms with van der Waals surface area (Å²) in [6.07, 6.45) is 7.89. The van der Waals surface area contributed by atoms with Crippen LogP contribution < -0.4 is 9.47 Å². The molecule has 5 rings (SSSR count). The number of pyridine rings is 1. The second-order valence-electron chi connectivity index (χ2n) is 6.36. The lowest BCUT2D eigenvalue weighted by molar-refractivity contribution is -0.727. The van der Waals surface area contributed by atoms with Gasteiger partial charge in [0, 0.05) is 43.3 Å². The van der Waals surface area contributed by atoms with Crippen LogP contribution in [0.5, 0.6) is 0 Å². The maximum Gasteiger partial charge on any atom is 0.320 e. The number of fused-ring (bicyclic) bond motifs is 7. The van der Waals surface area contributed by atoms with E-state index in [1.54, 1.807) is 12.3 Å². The quantitative estimate of drug-likeness (QED) is 0.592. The molecule has 2 aliphatic heterocycles. The molecule has 0 unspecified atom stereocenters. The highest BCUT2D eigenvalue weighted by molar-refractivity contribution is 5.59. The van der Waals surface area contributed by atoms with Crippen molar-refractivity contribution in [3.63, 3.8) is 0 Å². The van der Waals surface area contributed by atoms with Crippen LogP contribution in [0, 0.1) is 5.82 Å². The molecule has 4 heterocycles. The third-order valence-corrected chi connectivity index (χ3v) is 4.83. The van der Waals surface area contributed by atoms with Crippen molar-refractivity contribution in [1.82, 2.24) is 14.7 Å². The lowest BCUT2D eigenvalue weighted by atomic mass is 10.1. The number of hydrogen-bond acceptors (Lipinski definition) is 3. The van der Waals surface area contributed by atoms with E-state index < -0.39 is 0 Å². The predicted molar refractivity (Wildman–Crippen MR) is 91.8 cm³/mol. The zero-order chi connectivity index (χ0) is 17.0. The number of aromatic nitrogens is 3. The van der Waals surface area contributed by atoms with Gasteiger partial charge in [-0.1, -0.05) is 0 Å². The molecule has 3 aromatic rings. The lowest BCUT2D eigenvalue weighted by Gasteiger charge is -2.27. The van der Waals surface area contributed by atoms with Crippen molar-refractivity contribution in [1.29, 1.82) is 0 Å². The van der Waals surface area contributed by atoms with E-state index in [9.17, 15) is 4.39 Å². The van der Waals surface area contributed by atoms with Gasteiger partial charge in [-0.3, -0.25) is 9.58 Å². The summed E-state index contributed by atoms with van der Waals surface area (Å²) < 4.78 is 18.1. The number of anilines is 1. The molecule has 0 aliphatic carbocycles. The molecule has 25 heavy (non-hydrogen) atoms. The molecular formula is C19H17FN5+. The SMILES string of the molecule is CN1C=CN2c3ccc(F)cc3Cn3nccc3-c3cccc[n+]3[C@@H]12. The van der Waals surface area contributed by atoms with Crippen molar-refractivity contribution in [3.8, 4) is 11.4 Å². The van der Waals surface area contributed by atoms with Crippen LogP contribution in [-0.4, -0.2) is 21.7 Å². The molecule has 0 saturated heterocycles. The van der Waals surface area contributed by atoms with E-state index in [-0.39, 0.29) is 12.1 Å². The fraction of sp³-hybridized carbons (Fsp3) is 0.158. The van der Waals surface area contributed by atoms with Gasteiger partial charge in [0.15, 0.2) is 6.20 Å². The normalized spacial score (nSPS) is 17.9. The van der Waals surface area contributed by atoms with Crippen LogP contribution in [0.1, 0.15) is 11.9 Å². The largest absolute Gasteiger partial charge is 0.320 e. The van der Waals surface area contributed by atoms with Gasteiger partial charge in [-0.05, 0) is 30.3 Å². The molecule has 2 aromatic heterocycles. The zero-order valence-corrected chi connectivity index (χ0v) is 13.7. The first-order valence-electron chi connectivity index (χ1n) is 8.22. The van der Waals surface area contributed by atoms with Crippen molar-refractivity contribution < 1.29 is 8.96 Å². The van der Waals surface area contributed by atoms with Crippen molar-refractivity contribution in [2.45, 2.75) is 12.8 Å². The Balaban J connectivity index is 1.83. The molecule has 0 saturated carbocycles. The fourth-order valence-electron chi connectivity index (χ4n) is 3.71. The van der Waals surface area contributed by atoms with Gasteiger partial charge in [-0.25, -0.2) is 4.39 Å². The molecule has 124 valence electrons. The molecule has 0 bridgehead atoms. The molecule has 0 fully saturated rings. The van der Waals surface area contributed by atoms with Gasteiger partial charge in [-0.2, -0.15) is 9.67 Å². The lowest BCUT2D eigenvalue weighted by Crippen LogP contribution is -2.53. The van der Waals surface area contributed by atoms with Crippen molar-refractivity contribution >= 4 is 5.69 Å². The molecule has 0 radical (unpaired) electrons. The topological polar surface area (TPSA) is 28.2 Å². The molecule has 0 amide bonds. The number of hydrogen-bond donors (Lipinski definition) is 0. The number of halogens is 1. The highest BCUT2D eigenvalue weighted by Gasteiger charge is 2.38. The van der Waals surface area contributed by atoms with E-state index in [0.717, 1.165) is 22.6 Å². The van der Waals surface area contributed by atoms with E-state index in [1.165, 1.54) is 6.07 Å². The van der Waals surface area contributed by atoms with Crippen LogP contribution in [0.15, 0.2) is 67.3 Å². The van der Waals surface area contributed by atoms with Gasteiger partial charge >= 0.3 is 6.29 Å². The Bertz CT molecular complexity index is 993. The summed E-state index contributed by atoms with van der Waals surface area (Å²) in [5, 5.41) is 4.47. The van der Waals surface area contributed by atoms with E-state index in [0.29, 0.717) is 6.54 Å². The highest BCUT2D eigenvalue weighted by Crippen LogP contribution is 2.34. The summed E-state index contributed by atoms with van der Waals surface area (Å²) >= 11 is 0. The summed E-state index contributed by atoms with van der Waals surface area (Å²) in [6, 6.07) is 13.1. The monoisotopic (exact) mass is 334 g/mol. The van der Waals surface area contributed by atoms with Gasteiger partial charge in [0.05, 0.1) is 12.2 Å². The predicted octanol–water partition coefficient (Wildman–Crippen LogP) is 2.72. The van der Waals surface area contributed by atoms with E-state index in [2.05, 4.69) is 31.7 Å². The van der Waals surface area contributed by atoms with Gasteiger partial charge in [-0.15, -0.1) is 0 Å². The third kappa shape index (κ3) is 2.07. The third-order valence-electron chi connectivity index (χ3n) is 4.83. The van der Waals surface area contributed by atoms with E-state index in [4.69, 9.17) is 0 Å². The van der Waals surface area contributed by atoms with Crippen molar-refractivity contribution in [2.75, 3.05) is 11.9 Å². The Hall–Kier alpha value is -3.15. The molecule has 0 N–H and O–H groups in total. The Morgan fingerprint density at radius 2 is 2.08 bits per heavy atom. The summed E-state index contributed by atoms with van der Waals surface area (Å²) in [5.41, 5.74) is 3.97. The maximum atomic E-state index is 13.9. The van der Waals surface area contributed by atoms with Crippen molar-refractivity contribution in [2.24, 2.45) is 0 Å². The first-order chi connectivity index (χ1) is 12.2. The fourth-order valence-corrected chi connectivity index (χ4v) is 3.71. The minimum atomic E-state index is -0.232. The van der Waals surface area contributed by atoms with Crippen LogP contribution in [0.4, 0.5) is 10.1 Å². The van der Waals surface area contributed by atoms with Gasteiger partial charge in [0.25, 0.3) is 0 Å². The first-order valence-corrected chi connectivity index (χ1v) is 8.22. The zero-order valence-electron chi connectivity index (χ0n) is 13.7. The average Bonchev–Trinajstić information content (AvgIpc) is 3.21. The second kappa shape index (κ2) is 5.17. The van der Waals surface area contributed by atoms with Crippen LogP contribution in [0.2, 0.25) is 0 Å². The molecule has 0 spiro atoms. The Morgan fingerprint density at radius 1 is 1.16 bits per heavy atom. The number of nitrogens with zero attached hydrogens (tertiary/aromatic N) is 5. The van der Waals surface area contributed by atoms with Crippen LogP contribution in [-0.2, 0) is 6.54 Å². The second-order valence-corrected chi connectivity index (χ2v) is 6.36. The molecule has 1 aromatic carbocycles. The summed E-state index contributed by atoms with van der Waals surface area (Å²) in [6.45, 7) is 0.519. The minimum absolute atomic E-state index is 0.0538. The Morgan fingerprint density at radius 3 is 3.00 bits per heavy atom. The summed E-state index contributed by atoms with van der Waals surface area (Å²) in [7, 11) is 2.04. The standard InChI is InChI=1S/C19H17FN5/c1-22-10-11-24-16-6-5-15(20)12-14(16)13-25-18(7-8-21-25)17-4-2-3-9-23(17)19(22)24/h2-12,19H,13H2,1H3/q+1/t19-/m1/s1. The van der Waals surface area contributed by atoms with E-state index >= 15 is 0 Å². The Labute approximate surface area is 144 Å². The summed E-state index contributed by atoms with van der Waals surface area (Å²) in [5.74, 6) is -0.232. The van der Waals surface area contributed by atoms with Crippen molar-refractivity contribution in [3.05, 3.63) is 78.6 Å². The molecule has 5 nitrogen and oxygen atoms in total. The molecule has 1 atom stereocenters. The Kier molecular flexibility index (Phi) is 2.94. The van der Waals surface area contributed by atoms with Crippen LogP contribution >= 0.6 is 0 Å². The average molecular weight is 334 g/mol. The molecule has 2 aliphatic rings. The number of rotatable bonds is 0. The minimum Gasteiger partial charge on any atom is -0.304 e. The van der Waals surface area contributed by atoms with Gasteiger partial charge in [0.2, 0.25) is 5.69 Å². The maximum absolute atomic E-state index is 13.9. The molecule has 6 heteroatoms. The number of benzene rings is 1. The van der Waals surface area contributed by atoms with E-state index in [1.807, 2.05) is 48.4 Å². The van der Waals surface area contributed by atoms with Gasteiger partial charge < -0.3 is 4.90 Å². The first kappa shape index (κ1) is 14.2. The smallest absolute Gasteiger partial charge is 0.304 e. The van der Waals surface area contributed by atoms with Crippen LogP contribution in [0.3, 0.4) is 0 Å². The molecular weight excluding hydrogens is 317 g/mol. The highest BCUT2D eigenvalue weighted by atomic mass is 19.1.